The Kier molecular flexibility index (Phi) is 8.73. The molecule has 1 saturated heterocycles. The number of para-hydroxylation sites is 1. The molecule has 1 aliphatic rings. The molecule has 0 spiro atoms. The van der Waals surface area contributed by atoms with E-state index >= 15 is 0 Å². The molecule has 2 heterocycles. The lowest BCUT2D eigenvalue weighted by Crippen LogP contribution is -2.46. The lowest BCUT2D eigenvalue weighted by molar-refractivity contribution is -0.149. The Morgan fingerprint density at radius 2 is 2.00 bits per heavy atom. The minimum atomic E-state index is -4.31. The number of hydrogen-bond donors (Lipinski definition) is 4. The van der Waals surface area contributed by atoms with E-state index in [0.717, 1.165) is 6.92 Å². The number of anilines is 1. The van der Waals surface area contributed by atoms with Crippen LogP contribution in [0.25, 0.3) is 0 Å². The second kappa shape index (κ2) is 11.3. The van der Waals surface area contributed by atoms with Gasteiger partial charge in [-0.05, 0) is 39.8 Å². The normalized spacial score (nSPS) is 26.0. The molecule has 13 nitrogen and oxygen atoms in total. The summed E-state index contributed by atoms with van der Waals surface area (Å²) in [5.41, 5.74) is 2.15. The molecule has 0 amide bonds. The number of aromatic nitrogens is 2. The Hall–Kier alpha value is -2.87. The smallest absolute Gasteiger partial charge is 0.459 e. The minimum Gasteiger partial charge on any atom is -0.462 e. The highest BCUT2D eigenvalue weighted by Gasteiger charge is 2.54. The van der Waals surface area contributed by atoms with Crippen molar-refractivity contribution in [2.75, 3.05) is 12.3 Å². The zero-order chi connectivity index (χ0) is 27.5. The number of esters is 1. The third-order valence-electron chi connectivity index (χ3n) is 5.38. The van der Waals surface area contributed by atoms with E-state index in [1.54, 1.807) is 32.0 Å². The molecule has 6 atom stereocenters. The van der Waals surface area contributed by atoms with Crippen molar-refractivity contribution in [1.82, 2.24) is 14.6 Å². The molecule has 37 heavy (non-hydrogen) atoms. The first-order chi connectivity index (χ1) is 17.2. The molecule has 0 saturated carbocycles. The van der Waals surface area contributed by atoms with Gasteiger partial charge in [-0.1, -0.05) is 18.2 Å². The van der Waals surface area contributed by atoms with E-state index in [9.17, 15) is 28.8 Å². The number of nitrogens with one attached hydrogen (secondary N) is 1. The summed E-state index contributed by atoms with van der Waals surface area (Å²) in [4.78, 5) is 27.8. The molecule has 204 valence electrons. The van der Waals surface area contributed by atoms with Gasteiger partial charge in [0.15, 0.2) is 17.9 Å². The fraction of sp³-hybridized carbons (Fsp3) is 0.500. The highest BCUT2D eigenvalue weighted by Crippen LogP contribution is 2.47. The number of benzene rings is 1. The van der Waals surface area contributed by atoms with Crippen LogP contribution in [0.2, 0.25) is 0 Å². The number of hydrogen-bond acceptors (Lipinski definition) is 11. The van der Waals surface area contributed by atoms with Crippen LogP contribution in [0, 0.1) is 5.82 Å². The third kappa shape index (κ3) is 6.72. The van der Waals surface area contributed by atoms with Crippen LogP contribution in [0.5, 0.6) is 5.75 Å². The van der Waals surface area contributed by atoms with Gasteiger partial charge in [0.2, 0.25) is 0 Å². The summed E-state index contributed by atoms with van der Waals surface area (Å²) in [7, 11) is -4.31. The summed E-state index contributed by atoms with van der Waals surface area (Å²) in [6.07, 6.45) is -4.37. The molecular weight excluding hydrogens is 514 g/mol. The topological polar surface area (TPSA) is 184 Å². The van der Waals surface area contributed by atoms with E-state index in [4.69, 9.17) is 24.3 Å². The van der Waals surface area contributed by atoms with Crippen LogP contribution in [-0.2, 0) is 23.4 Å². The molecule has 2 aromatic rings. The Morgan fingerprint density at radius 1 is 1.35 bits per heavy atom. The number of aliphatic hydroxyl groups excluding tert-OH is 1. The van der Waals surface area contributed by atoms with Crippen LogP contribution < -0.4 is 21.0 Å². The van der Waals surface area contributed by atoms with Crippen LogP contribution >= 0.6 is 7.75 Å². The second-order valence-electron chi connectivity index (χ2n) is 8.90. The standard InChI is InChI=1S/C22H30FN4O9P/c1-12(2)34-19(29)13(3)26-37(32,36-14-8-6-5-7-9-14)33-11-16-17(28)22(4,31)20(35-16)27-10-15(23)18(24)25-21(27)30/h5-10,12-13,16-17,20,28,31H,11H2,1-4H3,(H,26,32)(H2,24,25,30)/t13-,16-,17-,20?,22-,37+/m1/s1. The number of nitrogens with two attached hydrogens (primary N) is 1. The van der Waals surface area contributed by atoms with E-state index < -0.39 is 73.8 Å². The molecule has 1 unspecified atom stereocenters. The summed E-state index contributed by atoms with van der Waals surface area (Å²) in [6, 6.07) is 6.84. The van der Waals surface area contributed by atoms with Gasteiger partial charge in [-0.15, -0.1) is 0 Å². The molecule has 0 aliphatic carbocycles. The van der Waals surface area contributed by atoms with Crippen LogP contribution in [0.1, 0.15) is 33.9 Å². The van der Waals surface area contributed by atoms with Crippen molar-refractivity contribution in [1.29, 1.82) is 0 Å². The van der Waals surface area contributed by atoms with Gasteiger partial charge >= 0.3 is 19.4 Å². The monoisotopic (exact) mass is 544 g/mol. The molecule has 3 rings (SSSR count). The van der Waals surface area contributed by atoms with Crippen LogP contribution in [-0.4, -0.2) is 62.3 Å². The Morgan fingerprint density at radius 3 is 2.62 bits per heavy atom. The molecule has 1 aliphatic heterocycles. The van der Waals surface area contributed by atoms with Gasteiger partial charge in [-0.2, -0.15) is 10.1 Å². The van der Waals surface area contributed by atoms with E-state index in [1.807, 2.05) is 0 Å². The Balaban J connectivity index is 1.81. The van der Waals surface area contributed by atoms with Gasteiger partial charge in [0.1, 0.15) is 29.6 Å². The average Bonchev–Trinajstić information content (AvgIpc) is 3.03. The van der Waals surface area contributed by atoms with Crippen LogP contribution in [0.3, 0.4) is 0 Å². The van der Waals surface area contributed by atoms with E-state index in [1.165, 1.54) is 19.1 Å². The van der Waals surface area contributed by atoms with Gasteiger partial charge in [-0.3, -0.25) is 13.9 Å². The van der Waals surface area contributed by atoms with Gasteiger partial charge < -0.3 is 29.9 Å². The largest absolute Gasteiger partial charge is 0.462 e. The Labute approximate surface area is 211 Å². The summed E-state index contributed by atoms with van der Waals surface area (Å²) >= 11 is 0. The first kappa shape index (κ1) is 28.7. The molecule has 15 heteroatoms. The molecular formula is C22H30FN4O9P. The zero-order valence-electron chi connectivity index (χ0n) is 20.6. The molecule has 1 aromatic heterocycles. The van der Waals surface area contributed by atoms with Crippen LogP contribution in [0.4, 0.5) is 10.2 Å². The summed E-state index contributed by atoms with van der Waals surface area (Å²) < 4.78 is 49.9. The molecule has 0 radical (unpaired) electrons. The minimum absolute atomic E-state index is 0.149. The number of ether oxygens (including phenoxy) is 2. The van der Waals surface area contributed by atoms with Gasteiger partial charge in [0, 0.05) is 0 Å². The Bertz CT molecular complexity index is 1210. The fourth-order valence-corrected chi connectivity index (χ4v) is 5.01. The quantitative estimate of drug-likeness (QED) is 0.247. The maximum absolute atomic E-state index is 14.0. The number of nitrogens with zero attached hydrogens (tertiary/aromatic N) is 2. The average molecular weight is 544 g/mol. The summed E-state index contributed by atoms with van der Waals surface area (Å²) in [5, 5.41) is 24.0. The van der Waals surface area contributed by atoms with Crippen molar-refractivity contribution >= 4 is 19.5 Å². The molecule has 1 fully saturated rings. The van der Waals surface area contributed by atoms with Crippen molar-refractivity contribution in [3.05, 3.63) is 52.8 Å². The number of aliphatic hydroxyl groups is 2. The maximum atomic E-state index is 14.0. The first-order valence-corrected chi connectivity index (χ1v) is 12.9. The first-order valence-electron chi connectivity index (χ1n) is 11.3. The lowest BCUT2D eigenvalue weighted by Gasteiger charge is -2.27. The summed E-state index contributed by atoms with van der Waals surface area (Å²) in [5.74, 6) is -2.25. The number of rotatable bonds is 10. The molecule has 0 bridgehead atoms. The SMILES string of the molecule is CC(C)OC(=O)[C@@H](C)N[P@](=O)(OC[C@H]1OC(n2cc(F)c(N)nc2=O)[C@](C)(O)[C@@H]1O)Oc1ccccc1. The zero-order valence-corrected chi connectivity index (χ0v) is 21.5. The van der Waals surface area contributed by atoms with E-state index in [2.05, 4.69) is 10.1 Å². The molecule has 1 aromatic carbocycles. The van der Waals surface area contributed by atoms with E-state index in [0.29, 0.717) is 10.8 Å². The highest BCUT2D eigenvalue weighted by atomic mass is 31.2. The third-order valence-corrected chi connectivity index (χ3v) is 7.02. The van der Waals surface area contributed by atoms with Crippen molar-refractivity contribution in [2.24, 2.45) is 0 Å². The van der Waals surface area contributed by atoms with Crippen molar-refractivity contribution < 1.29 is 42.5 Å². The second-order valence-corrected chi connectivity index (χ2v) is 10.6. The lowest BCUT2D eigenvalue weighted by atomic mass is 9.96. The fourth-order valence-electron chi connectivity index (χ4n) is 3.51. The highest BCUT2D eigenvalue weighted by molar-refractivity contribution is 7.52. The number of carbonyl (C=O) groups is 1. The van der Waals surface area contributed by atoms with Crippen LogP contribution in [0.15, 0.2) is 41.3 Å². The van der Waals surface area contributed by atoms with Crippen molar-refractivity contribution in [2.45, 2.75) is 63.9 Å². The number of carbonyl (C=O) groups excluding carboxylic acids is 1. The summed E-state index contributed by atoms with van der Waals surface area (Å²) in [6.45, 7) is 5.22. The van der Waals surface area contributed by atoms with Gasteiger partial charge in [-0.25, -0.2) is 13.8 Å². The number of halogens is 1. The van der Waals surface area contributed by atoms with Crippen molar-refractivity contribution in [3.8, 4) is 5.75 Å². The predicted molar refractivity (Wildman–Crippen MR) is 128 cm³/mol. The molecule has 5 N–H and O–H groups in total. The van der Waals surface area contributed by atoms with Gasteiger partial charge in [0.25, 0.3) is 0 Å². The van der Waals surface area contributed by atoms with E-state index in [-0.39, 0.29) is 5.75 Å². The number of nitrogen functional groups attached to an aromatic ring is 1. The maximum Gasteiger partial charge on any atom is 0.459 e. The predicted octanol–water partition coefficient (Wildman–Crippen LogP) is 1.11. The van der Waals surface area contributed by atoms with Gasteiger partial charge in [0.05, 0.1) is 18.9 Å². The van der Waals surface area contributed by atoms with Crippen molar-refractivity contribution in [3.63, 3.8) is 0 Å².